The Balaban J connectivity index is 1.77. The van der Waals surface area contributed by atoms with Crippen molar-refractivity contribution < 1.29 is 4.74 Å². The van der Waals surface area contributed by atoms with Gasteiger partial charge in [-0.2, -0.15) is 5.26 Å². The van der Waals surface area contributed by atoms with Crippen LogP contribution in [0.1, 0.15) is 12.5 Å². The van der Waals surface area contributed by atoms with Gasteiger partial charge in [0.25, 0.3) is 0 Å². The molecule has 0 aliphatic carbocycles. The van der Waals surface area contributed by atoms with E-state index < -0.39 is 0 Å². The summed E-state index contributed by atoms with van der Waals surface area (Å²) in [7, 11) is 0. The van der Waals surface area contributed by atoms with E-state index in [-0.39, 0.29) is 6.10 Å². The van der Waals surface area contributed by atoms with Crippen LogP contribution in [-0.2, 0) is 4.74 Å². The highest BCUT2D eigenvalue weighted by atomic mass is 79.9. The number of nitriles is 1. The van der Waals surface area contributed by atoms with Crippen LogP contribution in [0.3, 0.4) is 0 Å². The molecule has 0 aromatic carbocycles. The summed E-state index contributed by atoms with van der Waals surface area (Å²) in [5.74, 6) is 0.931. The highest BCUT2D eigenvalue weighted by Gasteiger charge is 2.17. The molecule has 2 aromatic heterocycles. The Morgan fingerprint density at radius 3 is 2.96 bits per heavy atom. The average molecular weight is 374 g/mol. The summed E-state index contributed by atoms with van der Waals surface area (Å²) in [5, 5.41) is 12.4. The van der Waals surface area contributed by atoms with Crippen LogP contribution in [0.5, 0.6) is 0 Å². The molecule has 1 unspecified atom stereocenters. The Morgan fingerprint density at radius 2 is 2.26 bits per heavy atom. The zero-order valence-corrected chi connectivity index (χ0v) is 14.2. The fourth-order valence-corrected chi connectivity index (χ4v) is 2.90. The highest BCUT2D eigenvalue weighted by Crippen LogP contribution is 2.28. The quantitative estimate of drug-likeness (QED) is 0.890. The summed E-state index contributed by atoms with van der Waals surface area (Å²) in [6.07, 6.45) is 5.17. The van der Waals surface area contributed by atoms with Crippen LogP contribution in [-0.4, -0.2) is 35.8 Å². The van der Waals surface area contributed by atoms with E-state index in [0.717, 1.165) is 35.7 Å². The summed E-state index contributed by atoms with van der Waals surface area (Å²) in [4.78, 5) is 10.7. The van der Waals surface area contributed by atoms with Gasteiger partial charge >= 0.3 is 0 Å². The van der Waals surface area contributed by atoms with E-state index >= 15 is 0 Å². The maximum absolute atomic E-state index is 9.18. The van der Waals surface area contributed by atoms with Gasteiger partial charge in [-0.1, -0.05) is 0 Å². The molecule has 0 saturated carbocycles. The third-order valence-electron chi connectivity index (χ3n) is 3.60. The summed E-state index contributed by atoms with van der Waals surface area (Å²) >= 11 is 3.41. The molecule has 1 saturated heterocycles. The third-order valence-corrected chi connectivity index (χ3v) is 4.20. The molecule has 3 rings (SSSR count). The molecule has 6 nitrogen and oxygen atoms in total. The normalized spacial score (nSPS) is 17.6. The number of ether oxygens (including phenoxy) is 1. The number of morpholine rings is 1. The van der Waals surface area contributed by atoms with Crippen molar-refractivity contribution >= 4 is 33.1 Å². The molecular formula is C16H16BrN5O. The first-order valence-electron chi connectivity index (χ1n) is 7.30. The molecule has 0 radical (unpaired) electrons. The molecule has 1 aliphatic heterocycles. The molecule has 1 atom stereocenters. The predicted molar refractivity (Wildman–Crippen MR) is 91.8 cm³/mol. The number of nitrogens with zero attached hydrogens (tertiary/aromatic N) is 4. The smallest absolute Gasteiger partial charge is 0.128 e. The number of anilines is 3. The van der Waals surface area contributed by atoms with Crippen molar-refractivity contribution in [3.05, 3.63) is 40.8 Å². The number of hydrogen-bond donors (Lipinski definition) is 1. The van der Waals surface area contributed by atoms with E-state index in [1.807, 2.05) is 12.1 Å². The van der Waals surface area contributed by atoms with Crippen molar-refractivity contribution in [2.75, 3.05) is 29.9 Å². The lowest BCUT2D eigenvalue weighted by atomic mass is 10.2. The maximum Gasteiger partial charge on any atom is 0.128 e. The Labute approximate surface area is 143 Å². The third kappa shape index (κ3) is 3.60. The van der Waals surface area contributed by atoms with E-state index in [9.17, 15) is 5.26 Å². The van der Waals surface area contributed by atoms with Gasteiger partial charge in [0.05, 0.1) is 40.3 Å². The molecule has 118 valence electrons. The van der Waals surface area contributed by atoms with Crippen LogP contribution >= 0.6 is 15.9 Å². The van der Waals surface area contributed by atoms with E-state index in [2.05, 4.69) is 49.1 Å². The Kier molecular flexibility index (Phi) is 4.74. The molecule has 23 heavy (non-hydrogen) atoms. The predicted octanol–water partition coefficient (Wildman–Crippen LogP) is 3.08. The summed E-state index contributed by atoms with van der Waals surface area (Å²) < 4.78 is 6.29. The lowest BCUT2D eigenvalue weighted by Gasteiger charge is -2.32. The summed E-state index contributed by atoms with van der Waals surface area (Å²) in [6, 6.07) is 6.06. The maximum atomic E-state index is 9.18. The first kappa shape index (κ1) is 15.7. The fraction of sp³-hybridized carbons (Fsp3) is 0.312. The van der Waals surface area contributed by atoms with Crippen LogP contribution < -0.4 is 10.2 Å². The van der Waals surface area contributed by atoms with Crippen molar-refractivity contribution in [2.45, 2.75) is 13.0 Å². The van der Waals surface area contributed by atoms with Gasteiger partial charge in [-0.3, -0.25) is 4.98 Å². The Morgan fingerprint density at radius 1 is 1.39 bits per heavy atom. The van der Waals surface area contributed by atoms with Crippen molar-refractivity contribution in [3.8, 4) is 6.07 Å². The number of halogens is 1. The van der Waals surface area contributed by atoms with Crippen molar-refractivity contribution in [2.24, 2.45) is 0 Å². The van der Waals surface area contributed by atoms with Crippen LogP contribution in [0.25, 0.3) is 0 Å². The molecule has 1 fully saturated rings. The van der Waals surface area contributed by atoms with Crippen LogP contribution in [0.15, 0.2) is 35.2 Å². The molecule has 1 aliphatic rings. The number of hydrogen-bond acceptors (Lipinski definition) is 6. The van der Waals surface area contributed by atoms with Crippen LogP contribution in [0, 0.1) is 11.3 Å². The van der Waals surface area contributed by atoms with Gasteiger partial charge in [0, 0.05) is 25.5 Å². The first-order chi connectivity index (χ1) is 11.2. The molecule has 2 aromatic rings. The lowest BCUT2D eigenvalue weighted by Crippen LogP contribution is -2.41. The van der Waals surface area contributed by atoms with Gasteiger partial charge in [0.1, 0.15) is 11.9 Å². The summed E-state index contributed by atoms with van der Waals surface area (Å²) in [5.41, 5.74) is 1.99. The fourth-order valence-electron chi connectivity index (χ4n) is 2.46. The standard InChI is InChI=1S/C16H16BrN5O/c1-11-10-22(4-5-23-11)15-3-2-13(8-20-15)21-16-12(6-18)7-19-9-14(16)17/h2-3,7-9,11H,4-5,10H2,1H3,(H,19,21). The Bertz CT molecular complexity index is 728. The van der Waals surface area contributed by atoms with E-state index in [1.165, 1.54) is 6.20 Å². The van der Waals surface area contributed by atoms with Crippen molar-refractivity contribution in [1.82, 2.24) is 9.97 Å². The highest BCUT2D eigenvalue weighted by molar-refractivity contribution is 9.10. The minimum Gasteiger partial charge on any atom is -0.375 e. The van der Waals surface area contributed by atoms with Gasteiger partial charge in [-0.15, -0.1) is 0 Å². The second-order valence-electron chi connectivity index (χ2n) is 5.31. The lowest BCUT2D eigenvalue weighted by molar-refractivity contribution is 0.0529. The van der Waals surface area contributed by atoms with Gasteiger partial charge in [0.15, 0.2) is 0 Å². The van der Waals surface area contributed by atoms with Gasteiger partial charge in [0.2, 0.25) is 0 Å². The SMILES string of the molecule is CC1CN(c2ccc(Nc3c(Br)cncc3C#N)cn2)CCO1. The van der Waals surface area contributed by atoms with Gasteiger partial charge in [-0.25, -0.2) is 4.98 Å². The topological polar surface area (TPSA) is 74.1 Å². The second-order valence-corrected chi connectivity index (χ2v) is 6.17. The zero-order valence-electron chi connectivity index (χ0n) is 12.7. The van der Waals surface area contributed by atoms with Crippen molar-refractivity contribution in [1.29, 1.82) is 5.26 Å². The largest absolute Gasteiger partial charge is 0.375 e. The Hall–Kier alpha value is -2.17. The second kappa shape index (κ2) is 6.94. The molecule has 0 amide bonds. The number of aromatic nitrogens is 2. The van der Waals surface area contributed by atoms with Gasteiger partial charge < -0.3 is 15.0 Å². The first-order valence-corrected chi connectivity index (χ1v) is 8.10. The van der Waals surface area contributed by atoms with Crippen molar-refractivity contribution in [3.63, 3.8) is 0 Å². The molecular weight excluding hydrogens is 358 g/mol. The summed E-state index contributed by atoms with van der Waals surface area (Å²) in [6.45, 7) is 4.47. The number of rotatable bonds is 3. The van der Waals surface area contributed by atoms with Crippen LogP contribution in [0.2, 0.25) is 0 Å². The molecule has 0 bridgehead atoms. The zero-order chi connectivity index (χ0) is 16.2. The minimum absolute atomic E-state index is 0.217. The number of pyridine rings is 2. The van der Waals surface area contributed by atoms with Crippen LogP contribution in [0.4, 0.5) is 17.2 Å². The average Bonchev–Trinajstić information content (AvgIpc) is 2.57. The molecule has 7 heteroatoms. The monoisotopic (exact) mass is 373 g/mol. The molecule has 1 N–H and O–H groups in total. The van der Waals surface area contributed by atoms with E-state index in [1.54, 1.807) is 12.4 Å². The minimum atomic E-state index is 0.217. The molecule has 3 heterocycles. The van der Waals surface area contributed by atoms with Gasteiger partial charge in [-0.05, 0) is 35.0 Å². The van der Waals surface area contributed by atoms with E-state index in [0.29, 0.717) is 11.3 Å². The molecule has 0 spiro atoms. The number of nitrogens with one attached hydrogen (secondary N) is 1. The van der Waals surface area contributed by atoms with E-state index in [4.69, 9.17) is 4.74 Å².